The van der Waals surface area contributed by atoms with Crippen molar-refractivity contribution >= 4 is 32.4 Å². The number of aromatic nitrogens is 2. The van der Waals surface area contributed by atoms with Crippen molar-refractivity contribution < 1.29 is 8.42 Å². The average Bonchev–Trinajstić information content (AvgIpc) is 2.78. The number of nitrogens with zero attached hydrogens (tertiary/aromatic N) is 2. The number of nitrogens with one attached hydrogen (secondary N) is 2. The molecule has 7 heteroatoms. The van der Waals surface area contributed by atoms with Crippen LogP contribution in [-0.2, 0) is 10.0 Å². The van der Waals surface area contributed by atoms with Crippen LogP contribution in [0, 0.1) is 5.92 Å². The van der Waals surface area contributed by atoms with E-state index in [1.807, 2.05) is 38.1 Å². The minimum absolute atomic E-state index is 0.198. The molecule has 1 aromatic heterocycles. The van der Waals surface area contributed by atoms with Gasteiger partial charge in [-0.05, 0) is 47.0 Å². The molecule has 1 heterocycles. The van der Waals surface area contributed by atoms with E-state index in [4.69, 9.17) is 0 Å². The Balaban J connectivity index is 1.58. The molecule has 0 spiro atoms. The summed E-state index contributed by atoms with van der Waals surface area (Å²) in [5.74, 6) is 0.623. The summed E-state index contributed by atoms with van der Waals surface area (Å²) in [5.41, 5.74) is 2.37. The predicted molar refractivity (Wildman–Crippen MR) is 125 cm³/mol. The average molecular weight is 433 g/mol. The van der Waals surface area contributed by atoms with Crippen LogP contribution in [0.5, 0.6) is 0 Å². The molecule has 0 aliphatic carbocycles. The summed E-state index contributed by atoms with van der Waals surface area (Å²) in [7, 11) is -3.57. The first-order chi connectivity index (χ1) is 14.9. The molecule has 0 saturated carbocycles. The van der Waals surface area contributed by atoms with Gasteiger partial charge in [0.05, 0.1) is 10.6 Å². The third kappa shape index (κ3) is 5.07. The lowest BCUT2D eigenvalue weighted by Crippen LogP contribution is -2.27. The molecule has 0 amide bonds. The van der Waals surface area contributed by atoms with Crippen LogP contribution >= 0.6 is 0 Å². The third-order valence-electron chi connectivity index (χ3n) is 4.78. The second-order valence-corrected chi connectivity index (χ2v) is 9.49. The zero-order valence-electron chi connectivity index (χ0n) is 17.4. The Hall–Kier alpha value is -3.29. The number of hydrogen-bond acceptors (Lipinski definition) is 5. The molecular formula is C24H24N4O2S. The van der Waals surface area contributed by atoms with Crippen LogP contribution in [0.2, 0.25) is 0 Å². The van der Waals surface area contributed by atoms with Crippen molar-refractivity contribution in [2.45, 2.75) is 18.7 Å². The Bertz CT molecular complexity index is 1320. The lowest BCUT2D eigenvalue weighted by molar-refractivity contribution is 0.560. The number of fused-ring (bicyclic) bond motifs is 1. The van der Waals surface area contributed by atoms with Crippen molar-refractivity contribution in [1.82, 2.24) is 14.7 Å². The molecule has 158 valence electrons. The molecule has 0 unspecified atom stereocenters. The molecule has 6 nitrogen and oxygen atoms in total. The largest absolute Gasteiger partial charge is 0.324 e. The van der Waals surface area contributed by atoms with E-state index < -0.39 is 10.0 Å². The summed E-state index contributed by atoms with van der Waals surface area (Å²) in [6.45, 7) is 4.30. The topological polar surface area (TPSA) is 84.0 Å². The maximum atomic E-state index is 12.5. The molecule has 0 saturated heterocycles. The lowest BCUT2D eigenvalue weighted by atomic mass is 10.1. The Morgan fingerprint density at radius 1 is 0.903 bits per heavy atom. The van der Waals surface area contributed by atoms with Gasteiger partial charge in [0, 0.05) is 24.0 Å². The van der Waals surface area contributed by atoms with Gasteiger partial charge in [0.1, 0.15) is 0 Å². The first kappa shape index (κ1) is 21.0. The van der Waals surface area contributed by atoms with E-state index in [0.717, 1.165) is 16.6 Å². The molecule has 0 fully saturated rings. The molecule has 0 aliphatic heterocycles. The number of benzene rings is 3. The maximum absolute atomic E-state index is 12.5. The second-order valence-electron chi connectivity index (χ2n) is 7.73. The number of anilines is 2. The molecule has 0 bridgehead atoms. The molecule has 3 aromatic carbocycles. The van der Waals surface area contributed by atoms with Crippen LogP contribution < -0.4 is 10.0 Å². The van der Waals surface area contributed by atoms with Crippen LogP contribution in [0.15, 0.2) is 83.9 Å². The molecule has 0 atom stereocenters. The molecule has 0 aliphatic rings. The summed E-state index contributed by atoms with van der Waals surface area (Å²) >= 11 is 0. The van der Waals surface area contributed by atoms with E-state index in [9.17, 15) is 8.42 Å². The van der Waals surface area contributed by atoms with E-state index in [1.165, 1.54) is 5.39 Å². The highest BCUT2D eigenvalue weighted by atomic mass is 32.2. The first-order valence-corrected chi connectivity index (χ1v) is 11.6. The van der Waals surface area contributed by atoms with Gasteiger partial charge in [0.15, 0.2) is 0 Å². The second kappa shape index (κ2) is 8.83. The zero-order chi connectivity index (χ0) is 21.8. The first-order valence-electron chi connectivity index (χ1n) is 10.1. The molecule has 0 radical (unpaired) electrons. The standard InChI is InChI=1S/C24H24N4O2S/c1-17(2)16-26-31(29,30)22-9-5-8-21(15-22)27-24-25-13-12-23(28-24)20-11-10-18-6-3-4-7-19(18)14-20/h3-15,17,26H,16H2,1-2H3,(H,25,27,28). The van der Waals surface area contributed by atoms with Gasteiger partial charge >= 0.3 is 0 Å². The Morgan fingerprint density at radius 3 is 2.52 bits per heavy atom. The van der Waals surface area contributed by atoms with Gasteiger partial charge in [-0.25, -0.2) is 23.1 Å². The predicted octanol–water partition coefficient (Wildman–Crippen LogP) is 4.97. The van der Waals surface area contributed by atoms with Gasteiger partial charge in [0.25, 0.3) is 0 Å². The Labute approximate surface area is 182 Å². The van der Waals surface area contributed by atoms with E-state index in [1.54, 1.807) is 30.5 Å². The van der Waals surface area contributed by atoms with Gasteiger partial charge < -0.3 is 5.32 Å². The fraction of sp³-hybridized carbons (Fsp3) is 0.167. The van der Waals surface area contributed by atoms with Gasteiger partial charge in [-0.3, -0.25) is 0 Å². The fourth-order valence-corrected chi connectivity index (χ4v) is 4.42. The van der Waals surface area contributed by atoms with Gasteiger partial charge in [-0.2, -0.15) is 0 Å². The van der Waals surface area contributed by atoms with Crippen molar-refractivity contribution in [3.8, 4) is 11.3 Å². The van der Waals surface area contributed by atoms with Crippen LogP contribution in [0.3, 0.4) is 0 Å². The van der Waals surface area contributed by atoms with E-state index >= 15 is 0 Å². The monoisotopic (exact) mass is 432 g/mol. The Morgan fingerprint density at radius 2 is 1.71 bits per heavy atom. The SMILES string of the molecule is CC(C)CNS(=O)(=O)c1cccc(Nc2nccc(-c3ccc4ccccc4c3)n2)c1. The highest BCUT2D eigenvalue weighted by molar-refractivity contribution is 7.89. The van der Waals surface area contributed by atoms with Crippen molar-refractivity contribution in [3.63, 3.8) is 0 Å². The molecule has 31 heavy (non-hydrogen) atoms. The third-order valence-corrected chi connectivity index (χ3v) is 6.20. The summed E-state index contributed by atoms with van der Waals surface area (Å²) in [5, 5.41) is 5.42. The number of hydrogen-bond donors (Lipinski definition) is 2. The van der Waals surface area contributed by atoms with E-state index in [-0.39, 0.29) is 10.8 Å². The molecule has 4 aromatic rings. The summed E-state index contributed by atoms with van der Waals surface area (Å²) in [4.78, 5) is 9.09. The van der Waals surface area contributed by atoms with Crippen LogP contribution in [0.25, 0.3) is 22.0 Å². The van der Waals surface area contributed by atoms with E-state index in [2.05, 4.69) is 44.3 Å². The van der Waals surface area contributed by atoms with Gasteiger partial charge in [-0.1, -0.05) is 56.3 Å². The highest BCUT2D eigenvalue weighted by Gasteiger charge is 2.15. The normalized spacial score (nSPS) is 11.7. The van der Waals surface area contributed by atoms with Gasteiger partial charge in [-0.15, -0.1) is 0 Å². The van der Waals surface area contributed by atoms with Crippen LogP contribution in [-0.4, -0.2) is 24.9 Å². The summed E-state index contributed by atoms with van der Waals surface area (Å²) < 4.78 is 27.7. The van der Waals surface area contributed by atoms with Crippen LogP contribution in [0.4, 0.5) is 11.6 Å². The van der Waals surface area contributed by atoms with Crippen molar-refractivity contribution in [2.75, 3.05) is 11.9 Å². The quantitative estimate of drug-likeness (QED) is 0.431. The summed E-state index contributed by atoms with van der Waals surface area (Å²) in [6.07, 6.45) is 1.69. The lowest BCUT2D eigenvalue weighted by Gasteiger charge is -2.11. The highest BCUT2D eigenvalue weighted by Crippen LogP contribution is 2.24. The fourth-order valence-electron chi connectivity index (χ4n) is 3.16. The van der Waals surface area contributed by atoms with Crippen molar-refractivity contribution in [1.29, 1.82) is 0 Å². The van der Waals surface area contributed by atoms with Crippen LogP contribution in [0.1, 0.15) is 13.8 Å². The minimum Gasteiger partial charge on any atom is -0.324 e. The minimum atomic E-state index is -3.57. The molecular weight excluding hydrogens is 408 g/mol. The van der Waals surface area contributed by atoms with Crippen molar-refractivity contribution in [2.24, 2.45) is 5.92 Å². The summed E-state index contributed by atoms with van der Waals surface area (Å²) in [6, 6.07) is 22.8. The van der Waals surface area contributed by atoms with Crippen molar-refractivity contribution in [3.05, 3.63) is 79.0 Å². The molecule has 4 rings (SSSR count). The molecule has 2 N–H and O–H groups in total. The number of rotatable bonds is 7. The Kier molecular flexibility index (Phi) is 5.97. The smallest absolute Gasteiger partial charge is 0.240 e. The number of sulfonamides is 1. The van der Waals surface area contributed by atoms with Gasteiger partial charge in [0.2, 0.25) is 16.0 Å². The maximum Gasteiger partial charge on any atom is 0.240 e. The zero-order valence-corrected chi connectivity index (χ0v) is 18.2. The van der Waals surface area contributed by atoms with E-state index in [0.29, 0.717) is 18.2 Å².